The minimum Gasteiger partial charge on any atom is -0.330 e. The quantitative estimate of drug-likeness (QED) is 0.923. The van der Waals surface area contributed by atoms with E-state index in [9.17, 15) is 0 Å². The van der Waals surface area contributed by atoms with Crippen LogP contribution in [0.5, 0.6) is 0 Å². The highest BCUT2D eigenvalue weighted by Gasteiger charge is 2.15. The first kappa shape index (κ1) is 13.3. The second-order valence-corrected chi connectivity index (χ2v) is 5.16. The molecule has 2 rings (SSSR count). The van der Waals surface area contributed by atoms with Crippen LogP contribution in [0.3, 0.4) is 0 Å². The molecule has 0 saturated heterocycles. The maximum Gasteiger partial charge on any atom is 0.0635 e. The molecule has 0 amide bonds. The van der Waals surface area contributed by atoms with Crippen LogP contribution in [0.4, 0.5) is 0 Å². The van der Waals surface area contributed by atoms with E-state index in [1.54, 1.807) is 0 Å². The molecule has 3 nitrogen and oxygen atoms in total. The van der Waals surface area contributed by atoms with Gasteiger partial charge in [0.1, 0.15) is 0 Å². The van der Waals surface area contributed by atoms with Crippen molar-refractivity contribution in [2.24, 2.45) is 5.73 Å². The summed E-state index contributed by atoms with van der Waals surface area (Å²) in [5.41, 5.74) is 8.43. The molecule has 96 valence electrons. The fourth-order valence-electron chi connectivity index (χ4n) is 2.16. The first-order valence-electron chi connectivity index (χ1n) is 6.21. The fraction of sp³-hybridized carbons (Fsp3) is 0.357. The lowest BCUT2D eigenvalue weighted by molar-refractivity contribution is 0.584. The Labute approximate surface area is 116 Å². The standard InChI is InChI=1S/C14H18BrN3/c1-2-18-14(13(15)10-17-18)8-12(9-16)11-6-4-3-5-7-11/h3-7,10,12H,2,8-9,16H2,1H3. The highest BCUT2D eigenvalue weighted by Crippen LogP contribution is 2.24. The number of nitrogens with zero attached hydrogens (tertiary/aromatic N) is 2. The smallest absolute Gasteiger partial charge is 0.0635 e. The summed E-state index contributed by atoms with van der Waals surface area (Å²) in [4.78, 5) is 0. The summed E-state index contributed by atoms with van der Waals surface area (Å²) in [5.74, 6) is 0.337. The van der Waals surface area contributed by atoms with Crippen molar-refractivity contribution in [2.75, 3.05) is 6.54 Å². The average molecular weight is 308 g/mol. The van der Waals surface area contributed by atoms with E-state index >= 15 is 0 Å². The number of benzene rings is 1. The van der Waals surface area contributed by atoms with Gasteiger partial charge in [0.05, 0.1) is 16.4 Å². The Hall–Kier alpha value is -1.13. The lowest BCUT2D eigenvalue weighted by Gasteiger charge is -2.16. The minimum absolute atomic E-state index is 0.337. The highest BCUT2D eigenvalue weighted by molar-refractivity contribution is 9.10. The molecule has 1 aromatic carbocycles. The number of nitrogens with two attached hydrogens (primary N) is 1. The SMILES string of the molecule is CCn1ncc(Br)c1CC(CN)c1ccccc1. The molecule has 2 aromatic rings. The van der Waals surface area contributed by atoms with Gasteiger partial charge >= 0.3 is 0 Å². The second kappa shape index (κ2) is 6.16. The summed E-state index contributed by atoms with van der Waals surface area (Å²) in [6, 6.07) is 10.4. The molecule has 1 atom stereocenters. The van der Waals surface area contributed by atoms with Crippen molar-refractivity contribution in [1.29, 1.82) is 0 Å². The number of rotatable bonds is 5. The topological polar surface area (TPSA) is 43.8 Å². The van der Waals surface area contributed by atoms with Gasteiger partial charge in [-0.25, -0.2) is 0 Å². The third-order valence-corrected chi connectivity index (χ3v) is 3.85. The third kappa shape index (κ3) is 2.82. The normalized spacial score (nSPS) is 12.6. The zero-order valence-corrected chi connectivity index (χ0v) is 12.1. The van der Waals surface area contributed by atoms with Gasteiger partial charge in [-0.1, -0.05) is 30.3 Å². The predicted molar refractivity (Wildman–Crippen MR) is 77.5 cm³/mol. The summed E-state index contributed by atoms with van der Waals surface area (Å²) in [5, 5.41) is 4.34. The summed E-state index contributed by atoms with van der Waals surface area (Å²) in [6.45, 7) is 3.63. The van der Waals surface area contributed by atoms with E-state index in [0.29, 0.717) is 12.5 Å². The zero-order chi connectivity index (χ0) is 13.0. The van der Waals surface area contributed by atoms with E-state index in [0.717, 1.165) is 17.4 Å². The molecule has 0 aliphatic heterocycles. The Bertz CT molecular complexity index is 493. The highest BCUT2D eigenvalue weighted by atomic mass is 79.9. The van der Waals surface area contributed by atoms with E-state index in [1.165, 1.54) is 11.3 Å². The van der Waals surface area contributed by atoms with Gasteiger partial charge in [0.15, 0.2) is 0 Å². The van der Waals surface area contributed by atoms with Crippen LogP contribution in [0.1, 0.15) is 24.1 Å². The minimum atomic E-state index is 0.337. The van der Waals surface area contributed by atoms with Crippen LogP contribution in [-0.4, -0.2) is 16.3 Å². The van der Waals surface area contributed by atoms with Gasteiger partial charge in [0, 0.05) is 12.5 Å². The molecule has 18 heavy (non-hydrogen) atoms. The van der Waals surface area contributed by atoms with Crippen LogP contribution in [0, 0.1) is 0 Å². The van der Waals surface area contributed by atoms with Crippen molar-refractivity contribution >= 4 is 15.9 Å². The molecule has 1 unspecified atom stereocenters. The van der Waals surface area contributed by atoms with Crippen LogP contribution >= 0.6 is 15.9 Å². The fourth-order valence-corrected chi connectivity index (χ4v) is 2.62. The summed E-state index contributed by atoms with van der Waals surface area (Å²) in [6.07, 6.45) is 2.77. The van der Waals surface area contributed by atoms with E-state index in [2.05, 4.69) is 52.2 Å². The average Bonchev–Trinajstić information content (AvgIpc) is 2.77. The lowest BCUT2D eigenvalue weighted by Crippen LogP contribution is -2.17. The van der Waals surface area contributed by atoms with E-state index in [-0.39, 0.29) is 0 Å². The van der Waals surface area contributed by atoms with Gasteiger partial charge in [-0.2, -0.15) is 5.10 Å². The summed E-state index contributed by atoms with van der Waals surface area (Å²) >= 11 is 3.56. The molecule has 0 fully saturated rings. The van der Waals surface area contributed by atoms with E-state index in [4.69, 9.17) is 5.73 Å². The van der Waals surface area contributed by atoms with Gasteiger partial charge in [0.2, 0.25) is 0 Å². The second-order valence-electron chi connectivity index (χ2n) is 4.30. The van der Waals surface area contributed by atoms with Crippen molar-refractivity contribution in [1.82, 2.24) is 9.78 Å². The van der Waals surface area contributed by atoms with E-state index < -0.39 is 0 Å². The maximum atomic E-state index is 5.92. The summed E-state index contributed by atoms with van der Waals surface area (Å²) < 4.78 is 3.09. The number of hydrogen-bond donors (Lipinski definition) is 1. The molecule has 0 saturated carbocycles. The van der Waals surface area contributed by atoms with Crippen molar-refractivity contribution in [3.63, 3.8) is 0 Å². The van der Waals surface area contributed by atoms with Crippen LogP contribution in [0.15, 0.2) is 41.0 Å². The Morgan fingerprint density at radius 2 is 2.06 bits per heavy atom. The molecule has 0 radical (unpaired) electrons. The van der Waals surface area contributed by atoms with Crippen molar-refractivity contribution in [3.05, 3.63) is 52.3 Å². The molecule has 0 aliphatic carbocycles. The number of hydrogen-bond acceptors (Lipinski definition) is 2. The molecule has 1 aromatic heterocycles. The molecule has 0 bridgehead atoms. The predicted octanol–water partition coefficient (Wildman–Crippen LogP) is 2.95. The first-order valence-corrected chi connectivity index (χ1v) is 7.00. The van der Waals surface area contributed by atoms with Crippen LogP contribution in [0.25, 0.3) is 0 Å². The molecule has 0 spiro atoms. The van der Waals surface area contributed by atoms with Gasteiger partial charge in [-0.05, 0) is 41.4 Å². The van der Waals surface area contributed by atoms with Crippen molar-refractivity contribution in [3.8, 4) is 0 Å². The first-order chi connectivity index (χ1) is 8.76. The van der Waals surface area contributed by atoms with Gasteiger partial charge in [-0.3, -0.25) is 4.68 Å². The van der Waals surface area contributed by atoms with Crippen LogP contribution in [0.2, 0.25) is 0 Å². The number of aryl methyl sites for hydroxylation is 1. The maximum absolute atomic E-state index is 5.92. The van der Waals surface area contributed by atoms with Crippen molar-refractivity contribution < 1.29 is 0 Å². The number of halogens is 1. The molecule has 2 N–H and O–H groups in total. The molecular weight excluding hydrogens is 290 g/mol. The Morgan fingerprint density at radius 1 is 1.33 bits per heavy atom. The van der Waals surface area contributed by atoms with Crippen molar-refractivity contribution in [2.45, 2.75) is 25.8 Å². The van der Waals surface area contributed by atoms with Gasteiger partial charge < -0.3 is 5.73 Å². The number of aromatic nitrogens is 2. The Morgan fingerprint density at radius 3 is 2.67 bits per heavy atom. The summed E-state index contributed by atoms with van der Waals surface area (Å²) in [7, 11) is 0. The third-order valence-electron chi connectivity index (χ3n) is 3.19. The molecule has 4 heteroatoms. The largest absolute Gasteiger partial charge is 0.330 e. The monoisotopic (exact) mass is 307 g/mol. The van der Waals surface area contributed by atoms with Crippen LogP contribution in [-0.2, 0) is 13.0 Å². The van der Waals surface area contributed by atoms with Gasteiger partial charge in [-0.15, -0.1) is 0 Å². The van der Waals surface area contributed by atoms with Gasteiger partial charge in [0.25, 0.3) is 0 Å². The van der Waals surface area contributed by atoms with Crippen LogP contribution < -0.4 is 5.73 Å². The Balaban J connectivity index is 2.23. The molecular formula is C14H18BrN3. The molecule has 1 heterocycles. The Kier molecular flexibility index (Phi) is 4.55. The zero-order valence-electron chi connectivity index (χ0n) is 10.5. The van der Waals surface area contributed by atoms with E-state index in [1.807, 2.05) is 16.9 Å². The molecule has 0 aliphatic rings. The lowest BCUT2D eigenvalue weighted by atomic mass is 9.94.